The van der Waals surface area contributed by atoms with Crippen LogP contribution in [0, 0.1) is 0 Å². The van der Waals surface area contributed by atoms with Crippen LogP contribution >= 0.6 is 0 Å². The molecule has 0 aromatic heterocycles. The maximum Gasteiger partial charge on any atom is 0.186 e. The first-order chi connectivity index (χ1) is 11.1. The van der Waals surface area contributed by atoms with E-state index in [1.807, 2.05) is 31.2 Å². The fourth-order valence-corrected chi connectivity index (χ4v) is 2.83. The highest BCUT2D eigenvalue weighted by molar-refractivity contribution is 5.28. The van der Waals surface area contributed by atoms with E-state index < -0.39 is 37.0 Å². The van der Waals surface area contributed by atoms with Crippen LogP contribution in [-0.4, -0.2) is 61.2 Å². The minimum atomic E-state index is -1.17. The second-order valence-electron chi connectivity index (χ2n) is 5.53. The first kappa shape index (κ1) is 16.6. The Hall–Kier alpha value is -1.22. The van der Waals surface area contributed by atoms with E-state index in [-0.39, 0.29) is 6.61 Å². The van der Waals surface area contributed by atoms with Crippen LogP contribution in [0.2, 0.25) is 0 Å². The smallest absolute Gasteiger partial charge is 0.186 e. The molecule has 2 aliphatic heterocycles. The molecular weight excluding hydrogens is 304 g/mol. The summed E-state index contributed by atoms with van der Waals surface area (Å²) in [4.78, 5) is 0. The summed E-state index contributed by atoms with van der Waals surface area (Å²) in [6.07, 6.45) is -4.95. The molecule has 0 radical (unpaired) electrons. The van der Waals surface area contributed by atoms with Gasteiger partial charge in [-0.15, -0.1) is 0 Å². The largest absolute Gasteiger partial charge is 0.494 e. The number of fused-ring (bicyclic) bond motifs is 1. The van der Waals surface area contributed by atoms with Gasteiger partial charge in [0.15, 0.2) is 12.6 Å². The highest BCUT2D eigenvalue weighted by atomic mass is 16.7. The van der Waals surface area contributed by atoms with Gasteiger partial charge in [0, 0.05) is 12.7 Å². The summed E-state index contributed by atoms with van der Waals surface area (Å²) in [5.41, 5.74) is 0.808. The fourth-order valence-electron chi connectivity index (χ4n) is 2.83. The van der Waals surface area contributed by atoms with Gasteiger partial charge in [-0.3, -0.25) is 0 Å². The fraction of sp³-hybridized carbons (Fsp3) is 0.625. The molecule has 0 saturated carbocycles. The van der Waals surface area contributed by atoms with Crippen LogP contribution in [0.1, 0.15) is 18.8 Å². The monoisotopic (exact) mass is 326 g/mol. The molecule has 0 aliphatic carbocycles. The Morgan fingerprint density at radius 3 is 2.52 bits per heavy atom. The predicted octanol–water partition coefficient (Wildman–Crippen LogP) is 0.592. The van der Waals surface area contributed by atoms with Crippen molar-refractivity contribution in [3.05, 3.63) is 29.8 Å². The van der Waals surface area contributed by atoms with Crippen LogP contribution in [-0.2, 0) is 18.9 Å². The lowest BCUT2D eigenvalue weighted by atomic mass is 9.98. The summed E-state index contributed by atoms with van der Waals surface area (Å²) in [7, 11) is 1.41. The van der Waals surface area contributed by atoms with Crippen molar-refractivity contribution in [2.24, 2.45) is 0 Å². The number of methoxy groups -OCH3 is 1. The number of ether oxygens (including phenoxy) is 5. The molecule has 0 bridgehead atoms. The molecule has 2 heterocycles. The number of benzene rings is 1. The lowest BCUT2D eigenvalue weighted by Crippen LogP contribution is -2.62. The Labute approximate surface area is 134 Å². The minimum Gasteiger partial charge on any atom is -0.494 e. The number of rotatable bonds is 4. The summed E-state index contributed by atoms with van der Waals surface area (Å²) in [6.45, 7) is 2.76. The van der Waals surface area contributed by atoms with Crippen molar-refractivity contribution in [1.82, 2.24) is 0 Å². The van der Waals surface area contributed by atoms with E-state index in [9.17, 15) is 10.2 Å². The maximum absolute atomic E-state index is 10.2. The Morgan fingerprint density at radius 2 is 1.87 bits per heavy atom. The lowest BCUT2D eigenvalue weighted by molar-refractivity contribution is -0.358. The molecule has 3 rings (SSSR count). The van der Waals surface area contributed by atoms with Crippen LogP contribution in [0.3, 0.4) is 0 Å². The Kier molecular flexibility index (Phi) is 5.15. The molecule has 23 heavy (non-hydrogen) atoms. The molecule has 2 fully saturated rings. The predicted molar refractivity (Wildman–Crippen MR) is 78.9 cm³/mol. The zero-order valence-corrected chi connectivity index (χ0v) is 13.1. The number of aliphatic hydroxyl groups is 2. The third-order valence-corrected chi connectivity index (χ3v) is 4.03. The Morgan fingerprint density at radius 1 is 1.13 bits per heavy atom. The summed E-state index contributed by atoms with van der Waals surface area (Å²) >= 11 is 0. The minimum absolute atomic E-state index is 0.242. The molecule has 0 spiro atoms. The van der Waals surface area contributed by atoms with E-state index in [1.54, 1.807) is 0 Å². The van der Waals surface area contributed by atoms with E-state index in [0.29, 0.717) is 6.61 Å². The van der Waals surface area contributed by atoms with E-state index in [4.69, 9.17) is 23.7 Å². The third kappa shape index (κ3) is 3.35. The molecule has 0 amide bonds. The Bertz CT molecular complexity index is 504. The molecular formula is C16H22O7. The Balaban J connectivity index is 1.69. The lowest BCUT2D eigenvalue weighted by Gasteiger charge is -2.45. The average Bonchev–Trinajstić information content (AvgIpc) is 2.59. The van der Waals surface area contributed by atoms with Crippen LogP contribution in [0.15, 0.2) is 24.3 Å². The summed E-state index contributed by atoms with van der Waals surface area (Å²) in [6, 6.07) is 7.36. The van der Waals surface area contributed by atoms with Crippen LogP contribution in [0.5, 0.6) is 5.75 Å². The van der Waals surface area contributed by atoms with Crippen molar-refractivity contribution >= 4 is 0 Å². The van der Waals surface area contributed by atoms with Gasteiger partial charge in [-0.1, -0.05) is 12.1 Å². The molecule has 1 aromatic carbocycles. The normalized spacial score (nSPS) is 37.2. The van der Waals surface area contributed by atoms with E-state index >= 15 is 0 Å². The molecule has 128 valence electrons. The first-order valence-corrected chi connectivity index (χ1v) is 7.68. The molecule has 1 unspecified atom stereocenters. The quantitative estimate of drug-likeness (QED) is 0.837. The highest BCUT2D eigenvalue weighted by Crippen LogP contribution is 2.34. The zero-order chi connectivity index (χ0) is 16.4. The van der Waals surface area contributed by atoms with Gasteiger partial charge < -0.3 is 33.9 Å². The second-order valence-corrected chi connectivity index (χ2v) is 5.53. The molecule has 2 aliphatic rings. The van der Waals surface area contributed by atoms with E-state index in [2.05, 4.69) is 0 Å². The van der Waals surface area contributed by atoms with Gasteiger partial charge in [0.2, 0.25) is 0 Å². The van der Waals surface area contributed by atoms with Crippen molar-refractivity contribution in [1.29, 1.82) is 0 Å². The maximum atomic E-state index is 10.2. The molecule has 7 heteroatoms. The van der Waals surface area contributed by atoms with Crippen LogP contribution in [0.4, 0.5) is 0 Å². The second kappa shape index (κ2) is 7.12. The standard InChI is InChI=1S/C16H22O7/c1-3-20-10-6-4-9(5-7-10)15-21-8-11-14(23-15)12(17)13(18)16(19-2)22-11/h4-7,11-18H,3,8H2,1-2H3/t11-,12-,13-,14-,15?,16+/m1/s1. The van der Waals surface area contributed by atoms with Gasteiger partial charge in [-0.2, -0.15) is 0 Å². The molecule has 6 atom stereocenters. The highest BCUT2D eigenvalue weighted by Gasteiger charge is 2.48. The van der Waals surface area contributed by atoms with Crippen LogP contribution in [0.25, 0.3) is 0 Å². The number of hydrogen-bond donors (Lipinski definition) is 2. The van der Waals surface area contributed by atoms with Gasteiger partial charge >= 0.3 is 0 Å². The summed E-state index contributed by atoms with van der Waals surface area (Å²) in [5.74, 6) is 0.768. The van der Waals surface area contributed by atoms with Gasteiger partial charge in [-0.25, -0.2) is 0 Å². The van der Waals surface area contributed by atoms with Crippen molar-refractivity contribution in [3.8, 4) is 5.75 Å². The molecule has 1 aromatic rings. The van der Waals surface area contributed by atoms with Gasteiger partial charge in [0.1, 0.15) is 30.2 Å². The molecule has 2 N–H and O–H groups in total. The summed E-state index contributed by atoms with van der Waals surface area (Å²) < 4.78 is 27.4. The third-order valence-electron chi connectivity index (χ3n) is 4.03. The van der Waals surface area contributed by atoms with E-state index in [0.717, 1.165) is 11.3 Å². The number of hydrogen-bond acceptors (Lipinski definition) is 7. The van der Waals surface area contributed by atoms with Crippen molar-refractivity contribution < 1.29 is 33.9 Å². The van der Waals surface area contributed by atoms with Crippen molar-refractivity contribution in [2.45, 2.75) is 43.9 Å². The van der Waals surface area contributed by atoms with Crippen molar-refractivity contribution in [2.75, 3.05) is 20.3 Å². The average molecular weight is 326 g/mol. The molecule has 2 saturated heterocycles. The first-order valence-electron chi connectivity index (χ1n) is 7.68. The van der Waals surface area contributed by atoms with Gasteiger partial charge in [-0.05, 0) is 19.1 Å². The zero-order valence-electron chi connectivity index (χ0n) is 13.1. The topological polar surface area (TPSA) is 86.6 Å². The van der Waals surface area contributed by atoms with Gasteiger partial charge in [0.05, 0.1) is 13.2 Å². The summed E-state index contributed by atoms with van der Waals surface area (Å²) in [5, 5.41) is 20.2. The van der Waals surface area contributed by atoms with E-state index in [1.165, 1.54) is 7.11 Å². The SMILES string of the molecule is CCOc1ccc(C2OC[C@H]3O[C@H](OC)[C@H](O)[C@@H](O)[C@@H]3O2)cc1. The van der Waals surface area contributed by atoms with Crippen molar-refractivity contribution in [3.63, 3.8) is 0 Å². The molecule has 7 nitrogen and oxygen atoms in total. The van der Waals surface area contributed by atoms with Crippen LogP contribution < -0.4 is 4.74 Å². The van der Waals surface area contributed by atoms with Gasteiger partial charge in [0.25, 0.3) is 0 Å². The number of aliphatic hydroxyl groups excluding tert-OH is 2.